The van der Waals surface area contributed by atoms with E-state index < -0.39 is 18.6 Å². The van der Waals surface area contributed by atoms with Gasteiger partial charge in [-0.3, -0.25) is 9.69 Å². The van der Waals surface area contributed by atoms with Gasteiger partial charge in [-0.2, -0.15) is 13.2 Å². The molecule has 0 amide bonds. The van der Waals surface area contributed by atoms with Crippen molar-refractivity contribution in [3.63, 3.8) is 0 Å². The Morgan fingerprint density at radius 3 is 2.65 bits per heavy atom. The number of alkyl halides is 3. The number of unbranched alkanes of at least 4 members (excludes halogenated alkanes) is 1. The summed E-state index contributed by atoms with van der Waals surface area (Å²) in [6, 6.07) is 0. The molecule has 20 heavy (non-hydrogen) atoms. The molecule has 118 valence electrons. The molecule has 0 unspecified atom stereocenters. The van der Waals surface area contributed by atoms with Crippen LogP contribution in [-0.2, 0) is 14.3 Å². The second kappa shape index (κ2) is 8.46. The summed E-state index contributed by atoms with van der Waals surface area (Å²) in [4.78, 5) is 13.1. The van der Waals surface area contributed by atoms with Crippen molar-refractivity contribution in [2.75, 3.05) is 40.0 Å². The third-order valence-electron chi connectivity index (χ3n) is 3.23. The van der Waals surface area contributed by atoms with Crippen molar-refractivity contribution in [1.29, 1.82) is 0 Å². The van der Waals surface area contributed by atoms with Crippen molar-refractivity contribution in [3.8, 4) is 0 Å². The first-order valence-corrected chi connectivity index (χ1v) is 6.87. The molecule has 0 N–H and O–H groups in total. The van der Waals surface area contributed by atoms with Crippen molar-refractivity contribution in [2.24, 2.45) is 5.92 Å². The minimum atomic E-state index is -4.22. The number of esters is 1. The molecule has 7 heteroatoms. The molecule has 1 aliphatic heterocycles. The topological polar surface area (TPSA) is 38.8 Å². The Labute approximate surface area is 117 Å². The van der Waals surface area contributed by atoms with Crippen LogP contribution >= 0.6 is 0 Å². The van der Waals surface area contributed by atoms with Crippen LogP contribution in [0, 0.1) is 5.92 Å². The van der Waals surface area contributed by atoms with Gasteiger partial charge in [0.15, 0.2) is 0 Å². The first kappa shape index (κ1) is 17.2. The van der Waals surface area contributed by atoms with Gasteiger partial charge >= 0.3 is 12.1 Å². The summed E-state index contributed by atoms with van der Waals surface area (Å²) in [6.07, 6.45) is -1.51. The van der Waals surface area contributed by atoms with Crippen LogP contribution in [0.25, 0.3) is 0 Å². The van der Waals surface area contributed by atoms with Gasteiger partial charge in [0.1, 0.15) is 0 Å². The van der Waals surface area contributed by atoms with E-state index in [1.807, 2.05) is 0 Å². The quantitative estimate of drug-likeness (QED) is 0.533. The SMILES string of the molecule is COCCCCOC(=O)[C@H]1CCCN(CC(F)(F)F)C1. The Balaban J connectivity index is 2.26. The van der Waals surface area contributed by atoms with E-state index in [1.165, 1.54) is 4.90 Å². The lowest BCUT2D eigenvalue weighted by atomic mass is 9.98. The van der Waals surface area contributed by atoms with Gasteiger partial charge in [0.05, 0.1) is 19.1 Å². The fourth-order valence-electron chi connectivity index (χ4n) is 2.28. The number of carbonyl (C=O) groups is 1. The molecule has 1 saturated heterocycles. The average Bonchev–Trinajstić information content (AvgIpc) is 2.36. The van der Waals surface area contributed by atoms with Crippen LogP contribution in [0.3, 0.4) is 0 Å². The van der Waals surface area contributed by atoms with Crippen molar-refractivity contribution >= 4 is 5.97 Å². The normalized spacial score (nSPS) is 20.9. The standard InChI is InChI=1S/C13H22F3NO3/c1-19-7-2-3-8-20-12(18)11-5-4-6-17(9-11)10-13(14,15)16/h11H,2-10H2,1H3/t11-/m0/s1. The molecule has 0 aromatic heterocycles. The number of hydrogen-bond donors (Lipinski definition) is 0. The minimum Gasteiger partial charge on any atom is -0.465 e. The van der Waals surface area contributed by atoms with E-state index >= 15 is 0 Å². The van der Waals surface area contributed by atoms with Crippen LogP contribution in [-0.4, -0.2) is 57.0 Å². The molecule has 0 saturated carbocycles. The smallest absolute Gasteiger partial charge is 0.401 e. The van der Waals surface area contributed by atoms with Gasteiger partial charge in [-0.05, 0) is 32.2 Å². The number of halogens is 3. The number of rotatable bonds is 7. The highest BCUT2D eigenvalue weighted by Crippen LogP contribution is 2.23. The Kier molecular flexibility index (Phi) is 7.29. The first-order valence-electron chi connectivity index (χ1n) is 6.87. The molecule has 0 aromatic rings. The van der Waals surface area contributed by atoms with Crippen LogP contribution in [0.5, 0.6) is 0 Å². The Bertz CT molecular complexity index is 297. The van der Waals surface area contributed by atoms with Gasteiger partial charge in [0.25, 0.3) is 0 Å². The third kappa shape index (κ3) is 7.09. The molecular formula is C13H22F3NO3. The molecule has 1 heterocycles. The van der Waals surface area contributed by atoms with Gasteiger partial charge in [0, 0.05) is 20.3 Å². The lowest BCUT2D eigenvalue weighted by Gasteiger charge is -2.31. The number of likely N-dealkylation sites (tertiary alicyclic amines) is 1. The maximum absolute atomic E-state index is 12.3. The lowest BCUT2D eigenvalue weighted by molar-refractivity contribution is -0.160. The zero-order valence-electron chi connectivity index (χ0n) is 11.7. The van der Waals surface area contributed by atoms with Crippen molar-refractivity contribution in [3.05, 3.63) is 0 Å². The maximum Gasteiger partial charge on any atom is 0.401 e. The zero-order chi connectivity index (χ0) is 15.0. The summed E-state index contributed by atoms with van der Waals surface area (Å²) < 4.78 is 46.9. The van der Waals surface area contributed by atoms with E-state index in [0.29, 0.717) is 39.0 Å². The molecule has 0 aliphatic carbocycles. The number of ether oxygens (including phenoxy) is 2. The summed E-state index contributed by atoms with van der Waals surface area (Å²) in [7, 11) is 1.60. The van der Waals surface area contributed by atoms with Crippen LogP contribution in [0.2, 0.25) is 0 Å². The number of hydrogen-bond acceptors (Lipinski definition) is 4. The largest absolute Gasteiger partial charge is 0.465 e. The number of methoxy groups -OCH3 is 1. The number of piperidine rings is 1. The third-order valence-corrected chi connectivity index (χ3v) is 3.23. The van der Waals surface area contributed by atoms with Crippen LogP contribution in [0.15, 0.2) is 0 Å². The van der Waals surface area contributed by atoms with Gasteiger partial charge < -0.3 is 9.47 Å². The molecule has 0 spiro atoms. The predicted octanol–water partition coefficient (Wildman–Crippen LogP) is 2.23. The number of carbonyl (C=O) groups excluding carboxylic acids is 1. The summed E-state index contributed by atoms with van der Waals surface area (Å²) in [5.74, 6) is -0.817. The van der Waals surface area contributed by atoms with E-state index in [-0.39, 0.29) is 12.5 Å². The fourth-order valence-corrected chi connectivity index (χ4v) is 2.28. The van der Waals surface area contributed by atoms with Crippen LogP contribution in [0.4, 0.5) is 13.2 Å². The van der Waals surface area contributed by atoms with Gasteiger partial charge in [-0.25, -0.2) is 0 Å². The Morgan fingerprint density at radius 2 is 2.00 bits per heavy atom. The summed E-state index contributed by atoms with van der Waals surface area (Å²) in [5.41, 5.74) is 0. The molecule has 4 nitrogen and oxygen atoms in total. The molecule has 1 fully saturated rings. The van der Waals surface area contributed by atoms with Crippen LogP contribution in [0.1, 0.15) is 25.7 Å². The highest BCUT2D eigenvalue weighted by Gasteiger charge is 2.35. The highest BCUT2D eigenvalue weighted by atomic mass is 19.4. The average molecular weight is 297 g/mol. The van der Waals surface area contributed by atoms with Gasteiger partial charge in [0.2, 0.25) is 0 Å². The summed E-state index contributed by atoms with van der Waals surface area (Å²) in [5, 5.41) is 0. The first-order chi connectivity index (χ1) is 9.42. The second-order valence-corrected chi connectivity index (χ2v) is 5.06. The Hall–Kier alpha value is -0.820. The van der Waals surface area contributed by atoms with Gasteiger partial charge in [-0.1, -0.05) is 0 Å². The van der Waals surface area contributed by atoms with E-state index in [9.17, 15) is 18.0 Å². The lowest BCUT2D eigenvalue weighted by Crippen LogP contribution is -2.43. The molecule has 1 aliphatic rings. The summed E-state index contributed by atoms with van der Waals surface area (Å²) in [6.45, 7) is 0.483. The van der Waals surface area contributed by atoms with Gasteiger partial charge in [-0.15, -0.1) is 0 Å². The second-order valence-electron chi connectivity index (χ2n) is 5.06. The monoisotopic (exact) mass is 297 g/mol. The van der Waals surface area contributed by atoms with E-state index in [2.05, 4.69) is 0 Å². The maximum atomic E-state index is 12.3. The van der Waals surface area contributed by atoms with E-state index in [4.69, 9.17) is 9.47 Å². The molecule has 1 atom stereocenters. The predicted molar refractivity (Wildman–Crippen MR) is 67.3 cm³/mol. The van der Waals surface area contributed by atoms with Crippen LogP contribution < -0.4 is 0 Å². The Morgan fingerprint density at radius 1 is 1.30 bits per heavy atom. The molecule has 0 radical (unpaired) electrons. The fraction of sp³-hybridized carbons (Fsp3) is 0.923. The zero-order valence-corrected chi connectivity index (χ0v) is 11.7. The molecule has 0 bridgehead atoms. The molecule has 1 rings (SSSR count). The highest BCUT2D eigenvalue weighted by molar-refractivity contribution is 5.72. The van der Waals surface area contributed by atoms with Crippen molar-refractivity contribution in [1.82, 2.24) is 4.90 Å². The van der Waals surface area contributed by atoms with Crippen molar-refractivity contribution in [2.45, 2.75) is 31.9 Å². The molecular weight excluding hydrogens is 275 g/mol. The summed E-state index contributed by atoms with van der Waals surface area (Å²) >= 11 is 0. The van der Waals surface area contributed by atoms with Crippen molar-refractivity contribution < 1.29 is 27.4 Å². The minimum absolute atomic E-state index is 0.135. The van der Waals surface area contributed by atoms with E-state index in [0.717, 1.165) is 6.42 Å². The number of nitrogens with zero attached hydrogens (tertiary/aromatic N) is 1. The van der Waals surface area contributed by atoms with E-state index in [1.54, 1.807) is 7.11 Å². The molecule has 0 aromatic carbocycles.